The van der Waals surface area contributed by atoms with Crippen LogP contribution in [0.5, 0.6) is 5.75 Å². The Morgan fingerprint density at radius 3 is 3.00 bits per heavy atom. The summed E-state index contributed by atoms with van der Waals surface area (Å²) in [4.78, 5) is 12.0. The molecule has 0 spiro atoms. The Morgan fingerprint density at radius 2 is 2.26 bits per heavy atom. The zero-order valence-electron chi connectivity index (χ0n) is 10.6. The van der Waals surface area contributed by atoms with Gasteiger partial charge in [-0.25, -0.2) is 0 Å². The zero-order chi connectivity index (χ0) is 13.5. The van der Waals surface area contributed by atoms with Gasteiger partial charge in [-0.15, -0.1) is 0 Å². The smallest absolute Gasteiger partial charge is 0.256 e. The van der Waals surface area contributed by atoms with Gasteiger partial charge in [0.05, 0.1) is 25.5 Å². The molecule has 6 heteroatoms. The minimum absolute atomic E-state index is 0.233. The molecule has 1 aromatic carbocycles. The maximum absolute atomic E-state index is 12.0. The molecule has 0 radical (unpaired) electrons. The number of nitrogens with one attached hydrogen (secondary N) is 1. The van der Waals surface area contributed by atoms with E-state index >= 15 is 0 Å². The van der Waals surface area contributed by atoms with Gasteiger partial charge in [-0.3, -0.25) is 4.79 Å². The van der Waals surface area contributed by atoms with Crippen molar-refractivity contribution in [3.63, 3.8) is 0 Å². The van der Waals surface area contributed by atoms with Crippen molar-refractivity contribution in [1.82, 2.24) is 0 Å². The minimum Gasteiger partial charge on any atom is -0.490 e. The van der Waals surface area contributed by atoms with Crippen LogP contribution in [0.15, 0.2) is 24.3 Å². The van der Waals surface area contributed by atoms with E-state index in [1.807, 2.05) is 12.1 Å². The fourth-order valence-electron chi connectivity index (χ4n) is 1.72. The van der Waals surface area contributed by atoms with Gasteiger partial charge in [0.1, 0.15) is 12.4 Å². The molecule has 0 aromatic heterocycles. The molecule has 104 valence electrons. The van der Waals surface area contributed by atoms with E-state index < -0.39 is 6.10 Å². The highest BCUT2D eigenvalue weighted by atomic mass is 16.6. The van der Waals surface area contributed by atoms with Crippen LogP contribution in [-0.4, -0.2) is 45.0 Å². The maximum atomic E-state index is 12.0. The molecule has 1 atom stereocenters. The summed E-state index contributed by atoms with van der Waals surface area (Å²) in [6, 6.07) is 7.21. The SMILES string of the molecule is NCCOc1ccccc1NC(=O)C1COCCO1. The van der Waals surface area contributed by atoms with E-state index in [0.717, 1.165) is 0 Å². The van der Waals surface area contributed by atoms with Crippen LogP contribution in [0.1, 0.15) is 0 Å². The maximum Gasteiger partial charge on any atom is 0.256 e. The summed E-state index contributed by atoms with van der Waals surface area (Å²) in [5.41, 5.74) is 6.00. The van der Waals surface area contributed by atoms with Gasteiger partial charge in [0.15, 0.2) is 6.10 Å². The second-order valence-electron chi connectivity index (χ2n) is 4.06. The van der Waals surface area contributed by atoms with Crippen molar-refractivity contribution < 1.29 is 19.0 Å². The first-order valence-electron chi connectivity index (χ1n) is 6.23. The first kappa shape index (κ1) is 13.8. The van der Waals surface area contributed by atoms with E-state index in [4.69, 9.17) is 19.9 Å². The number of carbonyl (C=O) groups is 1. The Kier molecular flexibility index (Phi) is 5.14. The van der Waals surface area contributed by atoms with E-state index in [0.29, 0.717) is 37.8 Å². The fraction of sp³-hybridized carbons (Fsp3) is 0.462. The van der Waals surface area contributed by atoms with Gasteiger partial charge in [-0.05, 0) is 12.1 Å². The third-order valence-corrected chi connectivity index (χ3v) is 2.63. The van der Waals surface area contributed by atoms with Crippen LogP contribution >= 0.6 is 0 Å². The molecule has 0 saturated carbocycles. The molecule has 3 N–H and O–H groups in total. The van der Waals surface area contributed by atoms with Gasteiger partial charge < -0.3 is 25.3 Å². The van der Waals surface area contributed by atoms with Gasteiger partial charge in [0, 0.05) is 6.54 Å². The van der Waals surface area contributed by atoms with Crippen LogP contribution in [0.4, 0.5) is 5.69 Å². The molecule has 1 aromatic rings. The number of nitrogens with two attached hydrogens (primary N) is 1. The molecular weight excluding hydrogens is 248 g/mol. The molecule has 2 rings (SSSR count). The third-order valence-electron chi connectivity index (χ3n) is 2.63. The van der Waals surface area contributed by atoms with Crippen molar-refractivity contribution in [2.24, 2.45) is 5.73 Å². The molecule has 0 aliphatic carbocycles. The summed E-state index contributed by atoms with van der Waals surface area (Å²) in [5.74, 6) is 0.363. The fourth-order valence-corrected chi connectivity index (χ4v) is 1.72. The summed E-state index contributed by atoms with van der Waals surface area (Å²) in [6.45, 7) is 2.05. The number of carbonyl (C=O) groups excluding carboxylic acids is 1. The van der Waals surface area contributed by atoms with Gasteiger partial charge in [-0.2, -0.15) is 0 Å². The molecular formula is C13H18N2O4. The number of rotatable bonds is 5. The van der Waals surface area contributed by atoms with Crippen molar-refractivity contribution in [2.75, 3.05) is 38.3 Å². The van der Waals surface area contributed by atoms with Crippen LogP contribution in [0.25, 0.3) is 0 Å². The number of anilines is 1. The number of ether oxygens (including phenoxy) is 3. The molecule has 1 aliphatic heterocycles. The minimum atomic E-state index is -0.573. The largest absolute Gasteiger partial charge is 0.490 e. The standard InChI is InChI=1S/C13H18N2O4/c14-5-6-18-11-4-2-1-3-10(11)15-13(16)12-9-17-7-8-19-12/h1-4,12H,5-9,14H2,(H,15,16). The van der Waals surface area contributed by atoms with Crippen LogP contribution < -0.4 is 15.8 Å². The second kappa shape index (κ2) is 7.08. The first-order valence-corrected chi connectivity index (χ1v) is 6.23. The summed E-state index contributed by atoms with van der Waals surface area (Å²) in [6.07, 6.45) is -0.573. The molecule has 0 bridgehead atoms. The Labute approximate surface area is 111 Å². The lowest BCUT2D eigenvalue weighted by Crippen LogP contribution is -2.39. The highest BCUT2D eigenvalue weighted by Crippen LogP contribution is 2.24. The summed E-state index contributed by atoms with van der Waals surface area (Å²) >= 11 is 0. The summed E-state index contributed by atoms with van der Waals surface area (Å²) in [5, 5.41) is 2.78. The number of benzene rings is 1. The quantitative estimate of drug-likeness (QED) is 0.805. The number of amides is 1. The third kappa shape index (κ3) is 3.92. The van der Waals surface area contributed by atoms with E-state index in [1.165, 1.54) is 0 Å². The first-order chi connectivity index (χ1) is 9.31. The van der Waals surface area contributed by atoms with Gasteiger partial charge >= 0.3 is 0 Å². The highest BCUT2D eigenvalue weighted by Gasteiger charge is 2.23. The van der Waals surface area contributed by atoms with Crippen LogP contribution in [0, 0.1) is 0 Å². The molecule has 1 saturated heterocycles. The Morgan fingerprint density at radius 1 is 1.42 bits per heavy atom. The van der Waals surface area contributed by atoms with Crippen molar-refractivity contribution >= 4 is 11.6 Å². The number of hydrogen-bond acceptors (Lipinski definition) is 5. The van der Waals surface area contributed by atoms with E-state index in [9.17, 15) is 4.79 Å². The van der Waals surface area contributed by atoms with Crippen LogP contribution in [0.3, 0.4) is 0 Å². The molecule has 1 unspecified atom stereocenters. The van der Waals surface area contributed by atoms with E-state index in [2.05, 4.69) is 5.32 Å². The summed E-state index contributed by atoms with van der Waals surface area (Å²) < 4.78 is 16.0. The molecule has 19 heavy (non-hydrogen) atoms. The molecule has 6 nitrogen and oxygen atoms in total. The predicted molar refractivity (Wildman–Crippen MR) is 70.2 cm³/mol. The van der Waals surface area contributed by atoms with Crippen molar-refractivity contribution in [3.8, 4) is 5.75 Å². The lowest BCUT2D eigenvalue weighted by Gasteiger charge is -2.22. The highest BCUT2D eigenvalue weighted by molar-refractivity contribution is 5.95. The second-order valence-corrected chi connectivity index (χ2v) is 4.06. The van der Waals surface area contributed by atoms with Crippen molar-refractivity contribution in [2.45, 2.75) is 6.10 Å². The molecule has 1 fully saturated rings. The van der Waals surface area contributed by atoms with Gasteiger partial charge in [0.25, 0.3) is 5.91 Å². The average Bonchev–Trinajstić information content (AvgIpc) is 2.47. The van der Waals surface area contributed by atoms with E-state index in [-0.39, 0.29) is 12.5 Å². The summed E-state index contributed by atoms with van der Waals surface area (Å²) in [7, 11) is 0. The molecule has 1 amide bonds. The lowest BCUT2D eigenvalue weighted by atomic mass is 10.2. The predicted octanol–water partition coefficient (Wildman–Crippen LogP) is 0.378. The normalized spacial score (nSPS) is 18.9. The molecule has 1 aliphatic rings. The van der Waals surface area contributed by atoms with Crippen LogP contribution in [0.2, 0.25) is 0 Å². The Balaban J connectivity index is 1.99. The Hall–Kier alpha value is -1.63. The Bertz CT molecular complexity index is 419. The average molecular weight is 266 g/mol. The topological polar surface area (TPSA) is 82.8 Å². The van der Waals surface area contributed by atoms with Gasteiger partial charge in [0.2, 0.25) is 0 Å². The monoisotopic (exact) mass is 266 g/mol. The molecule has 1 heterocycles. The van der Waals surface area contributed by atoms with E-state index in [1.54, 1.807) is 12.1 Å². The van der Waals surface area contributed by atoms with Crippen LogP contribution in [-0.2, 0) is 14.3 Å². The number of hydrogen-bond donors (Lipinski definition) is 2. The van der Waals surface area contributed by atoms with Crippen molar-refractivity contribution in [1.29, 1.82) is 0 Å². The lowest BCUT2D eigenvalue weighted by molar-refractivity contribution is -0.142. The zero-order valence-corrected chi connectivity index (χ0v) is 10.6. The van der Waals surface area contributed by atoms with Crippen molar-refractivity contribution in [3.05, 3.63) is 24.3 Å². The van der Waals surface area contributed by atoms with Gasteiger partial charge in [-0.1, -0.05) is 12.1 Å². The number of para-hydroxylation sites is 2.